The molecule has 116 valence electrons. The minimum atomic E-state index is -0.734. The van der Waals surface area contributed by atoms with Crippen LogP contribution in [0.15, 0.2) is 48.7 Å². The molecule has 2 N–H and O–H groups in total. The summed E-state index contributed by atoms with van der Waals surface area (Å²) < 4.78 is 0. The van der Waals surface area contributed by atoms with E-state index in [1.807, 2.05) is 18.2 Å². The molecule has 0 saturated carbocycles. The van der Waals surface area contributed by atoms with Gasteiger partial charge in [0.05, 0.1) is 17.6 Å². The van der Waals surface area contributed by atoms with E-state index in [2.05, 4.69) is 10.3 Å². The molecule has 0 spiro atoms. The molecular formula is C16H17ClN2O2S. The normalized spacial score (nSPS) is 11.9. The fourth-order valence-electron chi connectivity index (χ4n) is 1.80. The maximum Gasteiger partial charge on any atom is 0.230 e. The Hall–Kier alpha value is -1.56. The van der Waals surface area contributed by atoms with Gasteiger partial charge in [-0.2, -0.15) is 0 Å². The van der Waals surface area contributed by atoms with Crippen molar-refractivity contribution in [1.29, 1.82) is 0 Å². The molecule has 22 heavy (non-hydrogen) atoms. The third kappa shape index (κ3) is 5.67. The van der Waals surface area contributed by atoms with Crippen LogP contribution >= 0.6 is 23.4 Å². The summed E-state index contributed by atoms with van der Waals surface area (Å²) in [6, 6.07) is 12.6. The average molecular weight is 337 g/mol. The summed E-state index contributed by atoms with van der Waals surface area (Å²) >= 11 is 7.28. The maximum atomic E-state index is 11.7. The lowest BCUT2D eigenvalue weighted by atomic mass is 10.1. The molecule has 4 nitrogen and oxygen atoms in total. The summed E-state index contributed by atoms with van der Waals surface area (Å²) in [7, 11) is 0. The molecule has 0 aliphatic rings. The van der Waals surface area contributed by atoms with E-state index in [1.54, 1.807) is 30.5 Å². The highest BCUT2D eigenvalue weighted by atomic mass is 35.5. The van der Waals surface area contributed by atoms with Gasteiger partial charge in [-0.15, -0.1) is 11.8 Å². The van der Waals surface area contributed by atoms with Crippen LogP contribution in [-0.2, 0) is 10.5 Å². The number of carbonyl (C=O) groups excluding carboxylic acids is 1. The Morgan fingerprint density at radius 1 is 1.27 bits per heavy atom. The van der Waals surface area contributed by atoms with Crippen molar-refractivity contribution in [1.82, 2.24) is 10.3 Å². The smallest absolute Gasteiger partial charge is 0.230 e. The predicted octanol–water partition coefficient (Wildman–Crippen LogP) is 2.82. The van der Waals surface area contributed by atoms with Gasteiger partial charge in [0.1, 0.15) is 0 Å². The summed E-state index contributed by atoms with van der Waals surface area (Å²) in [5.74, 6) is 0.923. The van der Waals surface area contributed by atoms with Gasteiger partial charge in [-0.1, -0.05) is 29.8 Å². The molecular weight excluding hydrogens is 320 g/mol. The minimum absolute atomic E-state index is 0.103. The standard InChI is InChI=1S/C16H17ClN2O2S/c17-13-6-4-12(5-7-13)15(20)9-19-16(21)11-22-10-14-3-1-2-8-18-14/h1-8,15,20H,9-11H2,(H,19,21). The Kier molecular flexibility index (Phi) is 6.71. The lowest BCUT2D eigenvalue weighted by Gasteiger charge is -2.12. The molecule has 0 aliphatic heterocycles. The van der Waals surface area contributed by atoms with E-state index < -0.39 is 6.10 Å². The Balaban J connectivity index is 1.68. The van der Waals surface area contributed by atoms with Gasteiger partial charge in [0.15, 0.2) is 0 Å². The number of halogens is 1. The van der Waals surface area contributed by atoms with Crippen molar-refractivity contribution < 1.29 is 9.90 Å². The number of thioether (sulfide) groups is 1. The second-order valence-corrected chi connectivity index (χ2v) is 6.11. The number of benzene rings is 1. The van der Waals surface area contributed by atoms with E-state index in [0.717, 1.165) is 11.3 Å². The second-order valence-electron chi connectivity index (χ2n) is 4.69. The number of carbonyl (C=O) groups is 1. The van der Waals surface area contributed by atoms with E-state index in [9.17, 15) is 9.90 Å². The number of rotatable bonds is 7. The zero-order valence-corrected chi connectivity index (χ0v) is 13.5. The lowest BCUT2D eigenvalue weighted by Crippen LogP contribution is -2.29. The Bertz CT molecular complexity index is 593. The molecule has 2 rings (SSSR count). The largest absolute Gasteiger partial charge is 0.387 e. The van der Waals surface area contributed by atoms with Crippen molar-refractivity contribution in [2.45, 2.75) is 11.9 Å². The summed E-state index contributed by atoms with van der Waals surface area (Å²) in [5, 5.41) is 13.3. The highest BCUT2D eigenvalue weighted by molar-refractivity contribution is 7.99. The van der Waals surface area contributed by atoms with Gasteiger partial charge < -0.3 is 10.4 Å². The summed E-state index contributed by atoms with van der Waals surface area (Å²) in [5.41, 5.74) is 1.67. The number of aliphatic hydroxyl groups excluding tert-OH is 1. The van der Waals surface area contributed by atoms with Crippen molar-refractivity contribution in [2.24, 2.45) is 0 Å². The zero-order chi connectivity index (χ0) is 15.8. The molecule has 0 radical (unpaired) electrons. The zero-order valence-electron chi connectivity index (χ0n) is 11.9. The van der Waals surface area contributed by atoms with Gasteiger partial charge in [0.25, 0.3) is 0 Å². The van der Waals surface area contributed by atoms with Crippen LogP contribution in [0.25, 0.3) is 0 Å². The molecule has 1 aromatic carbocycles. The maximum absolute atomic E-state index is 11.7. The molecule has 0 aliphatic carbocycles. The molecule has 1 unspecified atom stereocenters. The van der Waals surface area contributed by atoms with Crippen LogP contribution in [0.2, 0.25) is 5.02 Å². The molecule has 6 heteroatoms. The van der Waals surface area contributed by atoms with Gasteiger partial charge in [-0.05, 0) is 29.8 Å². The van der Waals surface area contributed by atoms with E-state index >= 15 is 0 Å². The van der Waals surface area contributed by atoms with E-state index in [1.165, 1.54) is 11.8 Å². The number of nitrogens with one attached hydrogen (secondary N) is 1. The average Bonchev–Trinajstić information content (AvgIpc) is 2.54. The van der Waals surface area contributed by atoms with Gasteiger partial charge in [0.2, 0.25) is 5.91 Å². The van der Waals surface area contributed by atoms with Gasteiger partial charge in [-0.3, -0.25) is 9.78 Å². The predicted molar refractivity (Wildman–Crippen MR) is 89.8 cm³/mol. The van der Waals surface area contributed by atoms with Gasteiger partial charge in [0, 0.05) is 23.5 Å². The quantitative estimate of drug-likeness (QED) is 0.816. The fraction of sp³-hybridized carbons (Fsp3) is 0.250. The molecule has 0 saturated heterocycles. The summed E-state index contributed by atoms with van der Waals surface area (Å²) in [6.45, 7) is 0.185. The van der Waals surface area contributed by atoms with Gasteiger partial charge in [-0.25, -0.2) is 0 Å². The fourth-order valence-corrected chi connectivity index (χ4v) is 2.69. The molecule has 1 atom stereocenters. The van der Waals surface area contributed by atoms with Crippen molar-refractivity contribution in [2.75, 3.05) is 12.3 Å². The van der Waals surface area contributed by atoms with E-state index in [4.69, 9.17) is 11.6 Å². The topological polar surface area (TPSA) is 62.2 Å². The Morgan fingerprint density at radius 3 is 2.73 bits per heavy atom. The number of pyridine rings is 1. The number of aliphatic hydroxyl groups is 1. The third-order valence-corrected chi connectivity index (χ3v) is 4.17. The number of hydrogen-bond acceptors (Lipinski definition) is 4. The highest BCUT2D eigenvalue weighted by Gasteiger charge is 2.09. The van der Waals surface area contributed by atoms with Crippen molar-refractivity contribution in [3.8, 4) is 0 Å². The summed E-state index contributed by atoms with van der Waals surface area (Å²) in [6.07, 6.45) is 1.00. The first kappa shape index (κ1) is 16.8. The van der Waals surface area contributed by atoms with Crippen LogP contribution < -0.4 is 5.32 Å². The van der Waals surface area contributed by atoms with Crippen LogP contribution in [0.1, 0.15) is 17.4 Å². The first-order chi connectivity index (χ1) is 10.6. The number of aromatic nitrogens is 1. The first-order valence-corrected chi connectivity index (χ1v) is 8.36. The van der Waals surface area contributed by atoms with Crippen LogP contribution in [0.3, 0.4) is 0 Å². The van der Waals surface area contributed by atoms with Crippen molar-refractivity contribution in [3.63, 3.8) is 0 Å². The minimum Gasteiger partial charge on any atom is -0.387 e. The van der Waals surface area contributed by atoms with Crippen LogP contribution in [-0.4, -0.2) is 28.3 Å². The number of amides is 1. The Labute approximate surface area is 138 Å². The molecule has 1 aromatic heterocycles. The molecule has 0 fully saturated rings. The van der Waals surface area contributed by atoms with Crippen molar-refractivity contribution in [3.05, 3.63) is 64.9 Å². The molecule has 2 aromatic rings. The van der Waals surface area contributed by atoms with Crippen LogP contribution in [0, 0.1) is 0 Å². The van der Waals surface area contributed by atoms with Crippen LogP contribution in [0.4, 0.5) is 0 Å². The van der Waals surface area contributed by atoms with Gasteiger partial charge >= 0.3 is 0 Å². The molecule has 1 heterocycles. The second kappa shape index (κ2) is 8.78. The SMILES string of the molecule is O=C(CSCc1ccccn1)NCC(O)c1ccc(Cl)cc1. The highest BCUT2D eigenvalue weighted by Crippen LogP contribution is 2.16. The number of nitrogens with zero attached hydrogens (tertiary/aromatic N) is 1. The first-order valence-electron chi connectivity index (χ1n) is 6.83. The number of hydrogen-bond donors (Lipinski definition) is 2. The van der Waals surface area contributed by atoms with Crippen LogP contribution in [0.5, 0.6) is 0 Å². The van der Waals surface area contributed by atoms with E-state index in [0.29, 0.717) is 16.5 Å². The van der Waals surface area contributed by atoms with E-state index in [-0.39, 0.29) is 12.5 Å². The Morgan fingerprint density at radius 2 is 2.05 bits per heavy atom. The molecule has 1 amide bonds. The lowest BCUT2D eigenvalue weighted by molar-refractivity contribution is -0.119. The summed E-state index contributed by atoms with van der Waals surface area (Å²) in [4.78, 5) is 15.9. The monoisotopic (exact) mass is 336 g/mol. The molecule has 0 bridgehead atoms. The van der Waals surface area contributed by atoms with Crippen molar-refractivity contribution >= 4 is 29.3 Å². The third-order valence-electron chi connectivity index (χ3n) is 2.96.